The lowest BCUT2D eigenvalue weighted by Crippen LogP contribution is -2.13. The fourth-order valence-electron chi connectivity index (χ4n) is 1.74. The first-order valence-electron chi connectivity index (χ1n) is 5.95. The highest BCUT2D eigenvalue weighted by Gasteiger charge is 2.14. The van der Waals surface area contributed by atoms with E-state index in [1.165, 1.54) is 31.4 Å². The van der Waals surface area contributed by atoms with Crippen molar-refractivity contribution in [1.82, 2.24) is 0 Å². The highest BCUT2D eigenvalue weighted by molar-refractivity contribution is 9.10. The molecule has 2 aromatic rings. The van der Waals surface area contributed by atoms with Gasteiger partial charge in [0.15, 0.2) is 6.61 Å². The number of halogens is 3. The molecule has 0 radical (unpaired) electrons. The minimum atomic E-state index is -0.548. The molecule has 0 N–H and O–H groups in total. The topological polar surface area (TPSA) is 35.5 Å². The van der Waals surface area contributed by atoms with Gasteiger partial charge in [0, 0.05) is 10.5 Å². The smallest absolute Gasteiger partial charge is 0.204 e. The lowest BCUT2D eigenvalue weighted by Gasteiger charge is -2.09. The molecule has 0 heterocycles. The van der Waals surface area contributed by atoms with Crippen molar-refractivity contribution in [1.29, 1.82) is 0 Å². The Labute approximate surface area is 128 Å². The fraction of sp³-hybridized carbons (Fsp3) is 0.133. The van der Waals surface area contributed by atoms with E-state index in [0.717, 1.165) is 12.1 Å². The van der Waals surface area contributed by atoms with Gasteiger partial charge in [-0.15, -0.1) is 0 Å². The van der Waals surface area contributed by atoms with E-state index in [1.807, 2.05) is 0 Å². The van der Waals surface area contributed by atoms with Crippen LogP contribution in [0, 0.1) is 11.6 Å². The molecular weight excluding hydrogens is 346 g/mol. The quantitative estimate of drug-likeness (QED) is 0.759. The van der Waals surface area contributed by atoms with Gasteiger partial charge in [0.05, 0.1) is 12.7 Å². The van der Waals surface area contributed by atoms with Crippen LogP contribution in [0.3, 0.4) is 0 Å². The number of carbonyl (C=O) groups excluding carboxylic acids is 1. The molecule has 0 saturated heterocycles. The lowest BCUT2D eigenvalue weighted by molar-refractivity contribution is 0.0917. The molecule has 0 unspecified atom stereocenters. The summed E-state index contributed by atoms with van der Waals surface area (Å²) in [5.74, 6) is -1.05. The minimum Gasteiger partial charge on any atom is -0.496 e. The van der Waals surface area contributed by atoms with Crippen molar-refractivity contribution in [2.75, 3.05) is 13.7 Å². The SMILES string of the molecule is COc1ccc(F)cc1C(=O)COc1cc(F)cc(Br)c1. The summed E-state index contributed by atoms with van der Waals surface area (Å²) in [5, 5.41) is 0. The number of Topliss-reactive ketones (excluding diaryl/α,β-unsaturated/α-hetero) is 1. The Morgan fingerprint density at radius 1 is 1.14 bits per heavy atom. The van der Waals surface area contributed by atoms with Gasteiger partial charge in [0.2, 0.25) is 5.78 Å². The van der Waals surface area contributed by atoms with E-state index in [9.17, 15) is 13.6 Å². The van der Waals surface area contributed by atoms with Crippen molar-refractivity contribution >= 4 is 21.7 Å². The van der Waals surface area contributed by atoms with Gasteiger partial charge in [-0.2, -0.15) is 0 Å². The normalized spacial score (nSPS) is 10.3. The third-order valence-corrected chi connectivity index (χ3v) is 3.13. The van der Waals surface area contributed by atoms with E-state index in [1.54, 1.807) is 0 Å². The van der Waals surface area contributed by atoms with Gasteiger partial charge in [-0.25, -0.2) is 8.78 Å². The maximum Gasteiger partial charge on any atom is 0.204 e. The number of benzene rings is 2. The van der Waals surface area contributed by atoms with Gasteiger partial charge in [0.25, 0.3) is 0 Å². The second-order valence-electron chi connectivity index (χ2n) is 4.16. The Morgan fingerprint density at radius 3 is 2.57 bits per heavy atom. The zero-order valence-electron chi connectivity index (χ0n) is 11.0. The zero-order chi connectivity index (χ0) is 15.4. The first-order valence-corrected chi connectivity index (χ1v) is 6.74. The number of ether oxygens (including phenoxy) is 2. The van der Waals surface area contributed by atoms with Gasteiger partial charge in [-0.05, 0) is 30.3 Å². The van der Waals surface area contributed by atoms with Crippen LogP contribution >= 0.6 is 15.9 Å². The van der Waals surface area contributed by atoms with E-state index >= 15 is 0 Å². The highest BCUT2D eigenvalue weighted by atomic mass is 79.9. The third kappa shape index (κ3) is 4.01. The van der Waals surface area contributed by atoms with Crippen molar-refractivity contribution in [2.24, 2.45) is 0 Å². The molecule has 2 aromatic carbocycles. The molecule has 0 aliphatic rings. The molecule has 0 aliphatic carbocycles. The van der Waals surface area contributed by atoms with Gasteiger partial charge in [-0.3, -0.25) is 4.79 Å². The summed E-state index contributed by atoms with van der Waals surface area (Å²) >= 11 is 3.12. The number of methoxy groups -OCH3 is 1. The Kier molecular flexibility index (Phi) is 4.90. The van der Waals surface area contributed by atoms with Crippen molar-refractivity contribution in [3.63, 3.8) is 0 Å². The maximum absolute atomic E-state index is 13.2. The zero-order valence-corrected chi connectivity index (χ0v) is 12.6. The molecular formula is C15H11BrF2O3. The largest absolute Gasteiger partial charge is 0.496 e. The molecule has 0 amide bonds. The fourth-order valence-corrected chi connectivity index (χ4v) is 2.18. The third-order valence-electron chi connectivity index (χ3n) is 2.67. The molecule has 21 heavy (non-hydrogen) atoms. The van der Waals surface area contributed by atoms with E-state index in [-0.39, 0.29) is 23.7 Å². The van der Waals surface area contributed by atoms with E-state index in [0.29, 0.717) is 4.47 Å². The van der Waals surface area contributed by atoms with Crippen LogP contribution < -0.4 is 9.47 Å². The predicted octanol–water partition coefficient (Wildman–Crippen LogP) is 4.00. The van der Waals surface area contributed by atoms with Gasteiger partial charge < -0.3 is 9.47 Å². The van der Waals surface area contributed by atoms with Gasteiger partial charge in [-0.1, -0.05) is 15.9 Å². The average molecular weight is 357 g/mol. The van der Waals surface area contributed by atoms with E-state index in [4.69, 9.17) is 9.47 Å². The standard InChI is InChI=1S/C15H11BrF2O3/c1-20-15-3-2-10(17)7-13(15)14(19)8-21-12-5-9(16)4-11(18)6-12/h2-7H,8H2,1H3. The Bertz CT molecular complexity index is 654. The van der Waals surface area contributed by atoms with Gasteiger partial charge in [0.1, 0.15) is 23.1 Å². The maximum atomic E-state index is 13.2. The Balaban J connectivity index is 2.13. The van der Waals surface area contributed by atoms with Crippen molar-refractivity contribution in [3.8, 4) is 11.5 Å². The van der Waals surface area contributed by atoms with Crippen molar-refractivity contribution < 1.29 is 23.0 Å². The Hall–Kier alpha value is -1.95. The molecule has 0 aliphatic heterocycles. The summed E-state index contributed by atoms with van der Waals surface area (Å²) in [5.41, 5.74) is 0.0768. The summed E-state index contributed by atoms with van der Waals surface area (Å²) in [4.78, 5) is 12.0. The molecule has 110 valence electrons. The van der Waals surface area contributed by atoms with Crippen LogP contribution in [0.1, 0.15) is 10.4 Å². The minimum absolute atomic E-state index is 0.0768. The number of carbonyl (C=O) groups is 1. The van der Waals surface area contributed by atoms with Crippen LogP contribution in [0.25, 0.3) is 0 Å². The number of ketones is 1. The average Bonchev–Trinajstić information content (AvgIpc) is 2.43. The summed E-state index contributed by atoms with van der Waals surface area (Å²) in [6.45, 7) is -0.351. The molecule has 0 atom stereocenters. The molecule has 0 saturated carbocycles. The molecule has 6 heteroatoms. The second-order valence-corrected chi connectivity index (χ2v) is 5.08. The van der Waals surface area contributed by atoms with Crippen molar-refractivity contribution in [2.45, 2.75) is 0 Å². The lowest BCUT2D eigenvalue weighted by atomic mass is 10.1. The Morgan fingerprint density at radius 2 is 1.90 bits per heavy atom. The summed E-state index contributed by atoms with van der Waals surface area (Å²) in [6, 6.07) is 7.58. The van der Waals surface area contributed by atoms with Crippen LogP contribution in [-0.4, -0.2) is 19.5 Å². The predicted molar refractivity (Wildman–Crippen MR) is 76.9 cm³/mol. The van der Waals surface area contributed by atoms with E-state index < -0.39 is 17.4 Å². The molecule has 3 nitrogen and oxygen atoms in total. The molecule has 0 aromatic heterocycles. The second kappa shape index (κ2) is 6.67. The van der Waals surface area contributed by atoms with Crippen LogP contribution in [0.5, 0.6) is 11.5 Å². The first-order chi connectivity index (χ1) is 9.99. The molecule has 0 fully saturated rings. The van der Waals surface area contributed by atoms with Crippen LogP contribution in [0.15, 0.2) is 40.9 Å². The van der Waals surface area contributed by atoms with Crippen molar-refractivity contribution in [3.05, 3.63) is 58.1 Å². The van der Waals surface area contributed by atoms with Crippen LogP contribution in [0.4, 0.5) is 8.78 Å². The summed E-state index contributed by atoms with van der Waals surface area (Å²) in [7, 11) is 1.38. The monoisotopic (exact) mass is 356 g/mol. The highest BCUT2D eigenvalue weighted by Crippen LogP contribution is 2.23. The summed E-state index contributed by atoms with van der Waals surface area (Å²) in [6.07, 6.45) is 0. The summed E-state index contributed by atoms with van der Waals surface area (Å²) < 4.78 is 37.1. The number of rotatable bonds is 5. The van der Waals surface area contributed by atoms with Crippen LogP contribution in [0.2, 0.25) is 0 Å². The molecule has 2 rings (SSSR count). The molecule has 0 bridgehead atoms. The van der Waals surface area contributed by atoms with Gasteiger partial charge >= 0.3 is 0 Å². The van der Waals surface area contributed by atoms with Crippen LogP contribution in [-0.2, 0) is 0 Å². The molecule has 0 spiro atoms. The number of hydrogen-bond acceptors (Lipinski definition) is 3. The van der Waals surface area contributed by atoms with E-state index in [2.05, 4.69) is 15.9 Å². The first kappa shape index (κ1) is 15.4. The number of hydrogen-bond donors (Lipinski definition) is 0.